The second kappa shape index (κ2) is 8.81. The SMILES string of the molecule is CCOC(=O)c1ccc(NC(=O)c2ccc3c(c2)C(=O)N(Cc2ccncc2)C3=O)cc1. The molecule has 0 atom stereocenters. The molecule has 1 aliphatic rings. The number of nitrogens with one attached hydrogen (secondary N) is 1. The standard InChI is InChI=1S/C24H19N3O5/c1-2-32-24(31)16-3-6-18(7-4-16)26-21(28)17-5-8-19-20(13-17)23(30)27(22(19)29)14-15-9-11-25-12-10-15/h3-13H,2,14H2,1H3,(H,26,28). The number of hydrogen-bond donors (Lipinski definition) is 1. The van der Waals surface area contributed by atoms with Crippen LogP contribution in [-0.2, 0) is 11.3 Å². The van der Waals surface area contributed by atoms with Crippen LogP contribution in [0.3, 0.4) is 0 Å². The van der Waals surface area contributed by atoms with Crippen molar-refractivity contribution in [3.8, 4) is 0 Å². The van der Waals surface area contributed by atoms with Gasteiger partial charge in [0.05, 0.1) is 29.8 Å². The quantitative estimate of drug-likeness (QED) is 0.476. The van der Waals surface area contributed by atoms with Crippen LogP contribution >= 0.6 is 0 Å². The molecule has 0 spiro atoms. The number of ether oxygens (including phenoxy) is 1. The molecule has 1 N–H and O–H groups in total. The third kappa shape index (κ3) is 4.11. The van der Waals surface area contributed by atoms with E-state index in [1.54, 1.807) is 55.7 Å². The Kier molecular flexibility index (Phi) is 5.76. The van der Waals surface area contributed by atoms with Gasteiger partial charge in [0.1, 0.15) is 0 Å². The zero-order valence-electron chi connectivity index (χ0n) is 17.2. The van der Waals surface area contributed by atoms with E-state index in [1.807, 2.05) is 0 Å². The van der Waals surface area contributed by atoms with Crippen molar-refractivity contribution in [2.45, 2.75) is 13.5 Å². The Bertz CT molecular complexity index is 1210. The summed E-state index contributed by atoms with van der Waals surface area (Å²) in [4.78, 5) is 55.0. The van der Waals surface area contributed by atoms with Crippen molar-refractivity contribution < 1.29 is 23.9 Å². The lowest BCUT2D eigenvalue weighted by molar-refractivity contribution is 0.0525. The van der Waals surface area contributed by atoms with Crippen molar-refractivity contribution in [1.82, 2.24) is 9.88 Å². The summed E-state index contributed by atoms with van der Waals surface area (Å²) in [6.45, 7) is 2.12. The minimum atomic E-state index is -0.449. The molecule has 0 unspecified atom stereocenters. The lowest BCUT2D eigenvalue weighted by Gasteiger charge is -2.13. The summed E-state index contributed by atoms with van der Waals surface area (Å²) in [5, 5.41) is 2.72. The molecule has 0 fully saturated rings. The number of benzene rings is 2. The number of nitrogens with zero attached hydrogens (tertiary/aromatic N) is 2. The number of carbonyl (C=O) groups is 4. The van der Waals surface area contributed by atoms with Crippen molar-refractivity contribution in [2.75, 3.05) is 11.9 Å². The molecule has 8 nitrogen and oxygen atoms in total. The maximum atomic E-state index is 12.8. The molecule has 0 saturated heterocycles. The van der Waals surface area contributed by atoms with E-state index in [1.165, 1.54) is 18.2 Å². The van der Waals surface area contributed by atoms with Gasteiger partial charge < -0.3 is 10.1 Å². The number of hydrogen-bond acceptors (Lipinski definition) is 6. The fourth-order valence-corrected chi connectivity index (χ4v) is 3.35. The van der Waals surface area contributed by atoms with Crippen LogP contribution in [0.15, 0.2) is 67.0 Å². The molecule has 3 amide bonds. The van der Waals surface area contributed by atoms with Gasteiger partial charge in [-0.15, -0.1) is 0 Å². The highest BCUT2D eigenvalue weighted by Crippen LogP contribution is 2.26. The summed E-state index contributed by atoms with van der Waals surface area (Å²) < 4.78 is 4.93. The topological polar surface area (TPSA) is 106 Å². The van der Waals surface area contributed by atoms with Crippen molar-refractivity contribution >= 4 is 29.4 Å². The van der Waals surface area contributed by atoms with Crippen LogP contribution in [0.4, 0.5) is 5.69 Å². The number of anilines is 1. The molecular formula is C24H19N3O5. The highest BCUT2D eigenvalue weighted by molar-refractivity contribution is 6.22. The lowest BCUT2D eigenvalue weighted by atomic mass is 10.1. The van der Waals surface area contributed by atoms with Gasteiger partial charge in [0.25, 0.3) is 17.7 Å². The first-order chi connectivity index (χ1) is 15.5. The van der Waals surface area contributed by atoms with Gasteiger partial charge in [-0.25, -0.2) is 4.79 Å². The fourth-order valence-electron chi connectivity index (χ4n) is 3.35. The molecule has 1 aliphatic heterocycles. The Hall–Kier alpha value is -4.33. The van der Waals surface area contributed by atoms with Crippen LogP contribution < -0.4 is 5.32 Å². The maximum Gasteiger partial charge on any atom is 0.338 e. The zero-order chi connectivity index (χ0) is 22.7. The predicted molar refractivity (Wildman–Crippen MR) is 115 cm³/mol. The van der Waals surface area contributed by atoms with E-state index in [0.29, 0.717) is 11.3 Å². The summed E-state index contributed by atoms with van der Waals surface area (Å²) in [6, 6.07) is 14.1. The predicted octanol–water partition coefficient (Wildman–Crippen LogP) is 3.31. The van der Waals surface area contributed by atoms with Crippen LogP contribution in [0.2, 0.25) is 0 Å². The average Bonchev–Trinajstić information content (AvgIpc) is 3.04. The summed E-state index contributed by atoms with van der Waals surface area (Å²) in [5.41, 5.74) is 2.32. The number of esters is 1. The molecule has 0 radical (unpaired) electrons. The van der Waals surface area contributed by atoms with E-state index in [4.69, 9.17) is 4.74 Å². The molecule has 0 aliphatic carbocycles. The molecule has 4 rings (SSSR count). The molecule has 8 heteroatoms. The fraction of sp³-hybridized carbons (Fsp3) is 0.125. The van der Waals surface area contributed by atoms with Gasteiger partial charge in [-0.05, 0) is 67.1 Å². The first-order valence-electron chi connectivity index (χ1n) is 9.95. The normalized spacial score (nSPS) is 12.5. The monoisotopic (exact) mass is 429 g/mol. The highest BCUT2D eigenvalue weighted by Gasteiger charge is 2.36. The Morgan fingerprint density at radius 1 is 0.906 bits per heavy atom. The number of fused-ring (bicyclic) bond motifs is 1. The maximum absolute atomic E-state index is 12.8. The van der Waals surface area contributed by atoms with E-state index in [9.17, 15) is 19.2 Å². The Morgan fingerprint density at radius 2 is 1.56 bits per heavy atom. The molecule has 32 heavy (non-hydrogen) atoms. The van der Waals surface area contributed by atoms with Crippen LogP contribution in [0.25, 0.3) is 0 Å². The summed E-state index contributed by atoms with van der Waals surface area (Å²) in [6.07, 6.45) is 3.18. The molecule has 0 saturated carbocycles. The van der Waals surface area contributed by atoms with E-state index in [2.05, 4.69) is 10.3 Å². The number of imide groups is 1. The first-order valence-corrected chi connectivity index (χ1v) is 9.95. The Balaban J connectivity index is 1.49. The van der Waals surface area contributed by atoms with Crippen molar-refractivity contribution in [3.05, 3.63) is 94.8 Å². The van der Waals surface area contributed by atoms with E-state index < -0.39 is 23.7 Å². The van der Waals surface area contributed by atoms with Crippen molar-refractivity contribution in [1.29, 1.82) is 0 Å². The number of aromatic nitrogens is 1. The van der Waals surface area contributed by atoms with Crippen LogP contribution in [0.1, 0.15) is 53.9 Å². The van der Waals surface area contributed by atoms with Crippen LogP contribution in [-0.4, -0.2) is 40.2 Å². The van der Waals surface area contributed by atoms with Crippen LogP contribution in [0, 0.1) is 0 Å². The lowest BCUT2D eigenvalue weighted by Crippen LogP contribution is -2.29. The van der Waals surface area contributed by atoms with E-state index in [-0.39, 0.29) is 29.8 Å². The van der Waals surface area contributed by atoms with Gasteiger partial charge in [-0.2, -0.15) is 0 Å². The van der Waals surface area contributed by atoms with Gasteiger partial charge in [-0.1, -0.05) is 0 Å². The zero-order valence-corrected chi connectivity index (χ0v) is 17.2. The first kappa shape index (κ1) is 20.9. The largest absolute Gasteiger partial charge is 0.462 e. The third-order valence-corrected chi connectivity index (χ3v) is 4.98. The minimum Gasteiger partial charge on any atom is -0.462 e. The highest BCUT2D eigenvalue weighted by atomic mass is 16.5. The third-order valence-electron chi connectivity index (χ3n) is 4.98. The molecule has 3 aromatic rings. The van der Waals surface area contributed by atoms with Gasteiger partial charge in [-0.3, -0.25) is 24.3 Å². The van der Waals surface area contributed by atoms with Gasteiger partial charge >= 0.3 is 5.97 Å². The van der Waals surface area contributed by atoms with Gasteiger partial charge in [0.2, 0.25) is 0 Å². The van der Waals surface area contributed by atoms with Crippen LogP contribution in [0.5, 0.6) is 0 Å². The number of pyridine rings is 1. The molecule has 160 valence electrons. The average molecular weight is 429 g/mol. The van der Waals surface area contributed by atoms with E-state index in [0.717, 1.165) is 10.5 Å². The van der Waals surface area contributed by atoms with Crippen molar-refractivity contribution in [2.24, 2.45) is 0 Å². The van der Waals surface area contributed by atoms with Gasteiger partial charge in [0, 0.05) is 23.6 Å². The number of carbonyl (C=O) groups excluding carboxylic acids is 4. The van der Waals surface area contributed by atoms with Gasteiger partial charge in [0.15, 0.2) is 0 Å². The van der Waals surface area contributed by atoms with E-state index >= 15 is 0 Å². The summed E-state index contributed by atoms with van der Waals surface area (Å²) in [7, 11) is 0. The number of amides is 3. The summed E-state index contributed by atoms with van der Waals surface area (Å²) >= 11 is 0. The number of rotatable bonds is 6. The second-order valence-electron chi connectivity index (χ2n) is 7.06. The summed E-state index contributed by atoms with van der Waals surface area (Å²) in [5.74, 6) is -1.73. The van der Waals surface area contributed by atoms with Crippen molar-refractivity contribution in [3.63, 3.8) is 0 Å². The molecule has 1 aromatic heterocycles. The Morgan fingerprint density at radius 3 is 2.25 bits per heavy atom. The minimum absolute atomic E-state index is 0.128. The smallest absolute Gasteiger partial charge is 0.338 e. The second-order valence-corrected chi connectivity index (χ2v) is 7.06. The molecule has 0 bridgehead atoms. The molecular weight excluding hydrogens is 410 g/mol. The Labute approximate surface area is 183 Å². The molecule has 2 heterocycles. The molecule has 2 aromatic carbocycles.